The molecule has 0 aliphatic rings. The van der Waals surface area contributed by atoms with Crippen LogP contribution in [0.2, 0.25) is 0 Å². The number of allylic oxidation sites excluding steroid dienone is 1. The molecule has 0 rings (SSSR count). The van der Waals surface area contributed by atoms with E-state index in [1.165, 1.54) is 13.1 Å². The van der Waals surface area contributed by atoms with Crippen molar-refractivity contribution in [2.24, 2.45) is 10.7 Å². The van der Waals surface area contributed by atoms with E-state index in [-0.39, 0.29) is 12.4 Å². The molecule has 0 saturated carbocycles. The quantitative estimate of drug-likeness (QED) is 0.456. The first kappa shape index (κ1) is 10.8. The molecule has 0 bridgehead atoms. The molecule has 3 N–H and O–H groups in total. The Balaban J connectivity index is 4.43. The van der Waals surface area contributed by atoms with E-state index in [1.54, 1.807) is 6.92 Å². The number of aliphatic imine (C=N–C) groups is 1. The van der Waals surface area contributed by atoms with Gasteiger partial charge in [0.05, 0.1) is 18.7 Å². The summed E-state index contributed by atoms with van der Waals surface area (Å²) in [6, 6.07) is 0. The highest BCUT2D eigenvalue weighted by Gasteiger charge is 2.05. The maximum atomic E-state index is 10.9. The lowest BCUT2D eigenvalue weighted by molar-refractivity contribution is -0.113. The number of hydrogen-bond acceptors (Lipinski definition) is 4. The minimum absolute atomic E-state index is 0.0207. The largest absolute Gasteiger partial charge is 0.404 e. The molecule has 0 amide bonds. The SMILES string of the molecule is CC(=O)C(=CN)C(C)=NCCO. The third-order valence-electron chi connectivity index (χ3n) is 1.38. The standard InChI is InChI=1S/C8H14N2O2/c1-6(10-3-4-11)8(5-9)7(2)12/h5,11H,3-4,9H2,1-2H3. The van der Waals surface area contributed by atoms with Gasteiger partial charge in [-0.2, -0.15) is 0 Å². The fourth-order valence-electron chi connectivity index (χ4n) is 0.796. The van der Waals surface area contributed by atoms with Crippen molar-refractivity contribution in [2.45, 2.75) is 13.8 Å². The van der Waals surface area contributed by atoms with Crippen LogP contribution in [0.1, 0.15) is 13.8 Å². The molecule has 0 radical (unpaired) electrons. The van der Waals surface area contributed by atoms with Gasteiger partial charge < -0.3 is 10.8 Å². The average molecular weight is 170 g/mol. The molecule has 0 saturated heterocycles. The highest BCUT2D eigenvalue weighted by atomic mass is 16.3. The van der Waals surface area contributed by atoms with Crippen LogP contribution in [0.4, 0.5) is 0 Å². The highest BCUT2D eigenvalue weighted by Crippen LogP contribution is 1.97. The molecule has 0 aliphatic carbocycles. The average Bonchev–Trinajstić information content (AvgIpc) is 2.01. The summed E-state index contributed by atoms with van der Waals surface area (Å²) >= 11 is 0. The number of aliphatic hydroxyl groups excluding tert-OH is 1. The predicted octanol–water partition coefficient (Wildman–Crippen LogP) is -0.129. The Labute approximate surface area is 71.8 Å². The van der Waals surface area contributed by atoms with Crippen molar-refractivity contribution < 1.29 is 9.90 Å². The summed E-state index contributed by atoms with van der Waals surface area (Å²) in [5.41, 5.74) is 6.19. The van der Waals surface area contributed by atoms with Crippen LogP contribution in [0.25, 0.3) is 0 Å². The summed E-state index contributed by atoms with van der Waals surface area (Å²) in [6.45, 7) is 3.40. The van der Waals surface area contributed by atoms with Gasteiger partial charge in [-0.3, -0.25) is 9.79 Å². The lowest BCUT2D eigenvalue weighted by Gasteiger charge is -2.00. The maximum Gasteiger partial charge on any atom is 0.163 e. The van der Waals surface area contributed by atoms with Gasteiger partial charge in [-0.1, -0.05) is 0 Å². The first-order chi connectivity index (χ1) is 5.63. The second kappa shape index (κ2) is 5.49. The van der Waals surface area contributed by atoms with Gasteiger partial charge in [0, 0.05) is 11.9 Å². The summed E-state index contributed by atoms with van der Waals surface area (Å²) in [5, 5.41) is 8.47. The molecule has 0 aromatic heterocycles. The van der Waals surface area contributed by atoms with Crippen LogP contribution < -0.4 is 5.73 Å². The summed E-state index contributed by atoms with van der Waals surface area (Å²) in [5.74, 6) is -0.114. The zero-order valence-electron chi connectivity index (χ0n) is 7.37. The Morgan fingerprint density at radius 2 is 2.17 bits per heavy atom. The van der Waals surface area contributed by atoms with Crippen molar-refractivity contribution in [3.05, 3.63) is 11.8 Å². The van der Waals surface area contributed by atoms with Gasteiger partial charge in [0.1, 0.15) is 0 Å². The molecule has 0 fully saturated rings. The van der Waals surface area contributed by atoms with E-state index >= 15 is 0 Å². The number of Topliss-reactive ketones (excluding diaryl/α,β-unsaturated/α-hetero) is 1. The maximum absolute atomic E-state index is 10.9. The van der Waals surface area contributed by atoms with E-state index in [9.17, 15) is 4.79 Å². The van der Waals surface area contributed by atoms with Crippen LogP contribution in [0, 0.1) is 0 Å². The zero-order chi connectivity index (χ0) is 9.56. The Bertz CT molecular complexity index is 219. The van der Waals surface area contributed by atoms with Crippen molar-refractivity contribution >= 4 is 11.5 Å². The van der Waals surface area contributed by atoms with Gasteiger partial charge in [-0.15, -0.1) is 0 Å². The lowest BCUT2D eigenvalue weighted by atomic mass is 10.1. The van der Waals surface area contributed by atoms with E-state index in [0.29, 0.717) is 17.8 Å². The number of nitrogens with zero attached hydrogens (tertiary/aromatic N) is 1. The molecular formula is C8H14N2O2. The molecule has 68 valence electrons. The first-order valence-electron chi connectivity index (χ1n) is 3.68. The van der Waals surface area contributed by atoms with E-state index < -0.39 is 0 Å². The highest BCUT2D eigenvalue weighted by molar-refractivity contribution is 6.20. The van der Waals surface area contributed by atoms with Crippen molar-refractivity contribution in [1.82, 2.24) is 0 Å². The van der Waals surface area contributed by atoms with Gasteiger partial charge in [-0.05, 0) is 13.8 Å². The number of hydrogen-bond donors (Lipinski definition) is 2. The molecule has 4 heteroatoms. The van der Waals surface area contributed by atoms with Crippen LogP contribution in [0.15, 0.2) is 16.8 Å². The Kier molecular flexibility index (Phi) is 4.96. The molecule has 0 heterocycles. The smallest absolute Gasteiger partial charge is 0.163 e. The topological polar surface area (TPSA) is 75.7 Å². The minimum atomic E-state index is -0.114. The summed E-state index contributed by atoms with van der Waals surface area (Å²) in [4.78, 5) is 14.8. The van der Waals surface area contributed by atoms with Crippen LogP contribution in [0.3, 0.4) is 0 Å². The minimum Gasteiger partial charge on any atom is -0.404 e. The monoisotopic (exact) mass is 170 g/mol. The molecular weight excluding hydrogens is 156 g/mol. The summed E-state index contributed by atoms with van der Waals surface area (Å²) in [7, 11) is 0. The van der Waals surface area contributed by atoms with Gasteiger partial charge >= 0.3 is 0 Å². The molecule has 0 aromatic rings. The van der Waals surface area contributed by atoms with Crippen LogP contribution in [-0.2, 0) is 4.79 Å². The third-order valence-corrected chi connectivity index (χ3v) is 1.38. The number of rotatable bonds is 4. The predicted molar refractivity (Wildman–Crippen MR) is 48.0 cm³/mol. The number of ketones is 1. The third kappa shape index (κ3) is 3.30. The van der Waals surface area contributed by atoms with Crippen molar-refractivity contribution in [2.75, 3.05) is 13.2 Å². The normalized spacial score (nSPS) is 13.2. The zero-order valence-corrected chi connectivity index (χ0v) is 7.37. The van der Waals surface area contributed by atoms with Gasteiger partial charge in [0.2, 0.25) is 0 Å². The van der Waals surface area contributed by atoms with Crippen LogP contribution >= 0.6 is 0 Å². The Hall–Kier alpha value is -1.16. The first-order valence-corrected chi connectivity index (χ1v) is 3.68. The van der Waals surface area contributed by atoms with Crippen molar-refractivity contribution in [3.63, 3.8) is 0 Å². The Morgan fingerprint density at radius 3 is 2.50 bits per heavy atom. The van der Waals surface area contributed by atoms with E-state index in [0.717, 1.165) is 0 Å². The van der Waals surface area contributed by atoms with Gasteiger partial charge in [-0.25, -0.2) is 0 Å². The van der Waals surface area contributed by atoms with Gasteiger partial charge in [0.15, 0.2) is 5.78 Å². The molecule has 0 unspecified atom stereocenters. The summed E-state index contributed by atoms with van der Waals surface area (Å²) < 4.78 is 0. The van der Waals surface area contributed by atoms with Gasteiger partial charge in [0.25, 0.3) is 0 Å². The van der Waals surface area contributed by atoms with E-state index in [2.05, 4.69) is 4.99 Å². The molecule has 0 spiro atoms. The fourth-order valence-corrected chi connectivity index (χ4v) is 0.796. The van der Waals surface area contributed by atoms with Crippen LogP contribution in [0.5, 0.6) is 0 Å². The molecule has 12 heavy (non-hydrogen) atoms. The van der Waals surface area contributed by atoms with Crippen LogP contribution in [-0.4, -0.2) is 29.8 Å². The molecule has 4 nitrogen and oxygen atoms in total. The lowest BCUT2D eigenvalue weighted by Crippen LogP contribution is -2.10. The number of carbonyl (C=O) groups excluding carboxylic acids is 1. The number of aliphatic hydroxyl groups is 1. The number of carbonyl (C=O) groups is 1. The fraction of sp³-hybridized carbons (Fsp3) is 0.500. The second-order valence-corrected chi connectivity index (χ2v) is 2.33. The van der Waals surface area contributed by atoms with E-state index in [1.807, 2.05) is 0 Å². The van der Waals surface area contributed by atoms with E-state index in [4.69, 9.17) is 10.8 Å². The molecule has 0 atom stereocenters. The van der Waals surface area contributed by atoms with Crippen molar-refractivity contribution in [3.8, 4) is 0 Å². The summed E-state index contributed by atoms with van der Waals surface area (Å²) in [6.07, 6.45) is 1.23. The van der Waals surface area contributed by atoms with Crippen molar-refractivity contribution in [1.29, 1.82) is 0 Å². The number of nitrogens with two attached hydrogens (primary N) is 1. The molecule has 0 aromatic carbocycles. The molecule has 0 aliphatic heterocycles. The second-order valence-electron chi connectivity index (χ2n) is 2.33. The Morgan fingerprint density at radius 1 is 1.58 bits per heavy atom.